The smallest absolute Gasteiger partial charge is 0.223 e. The van der Waals surface area contributed by atoms with Crippen LogP contribution in [0.1, 0.15) is 12.8 Å². The van der Waals surface area contributed by atoms with Crippen LogP contribution in [0.4, 0.5) is 15.8 Å². The van der Waals surface area contributed by atoms with Gasteiger partial charge < -0.3 is 15.5 Å². The number of piperazine rings is 1. The Labute approximate surface area is 105 Å². The summed E-state index contributed by atoms with van der Waals surface area (Å²) in [5, 5.41) is 0. The summed E-state index contributed by atoms with van der Waals surface area (Å²) in [7, 11) is 0. The molecule has 1 aromatic carbocycles. The Morgan fingerprint density at radius 3 is 2.89 bits per heavy atom. The van der Waals surface area contributed by atoms with Crippen LogP contribution in [0.3, 0.4) is 0 Å². The van der Waals surface area contributed by atoms with Crippen molar-refractivity contribution in [1.82, 2.24) is 4.90 Å². The van der Waals surface area contributed by atoms with Crippen molar-refractivity contribution in [2.75, 3.05) is 30.3 Å². The van der Waals surface area contributed by atoms with Crippen LogP contribution in [0.25, 0.3) is 0 Å². The third kappa shape index (κ3) is 1.89. The Kier molecular flexibility index (Phi) is 2.61. The van der Waals surface area contributed by atoms with E-state index in [1.54, 1.807) is 6.07 Å². The highest BCUT2D eigenvalue weighted by molar-refractivity contribution is 5.79. The summed E-state index contributed by atoms with van der Waals surface area (Å²) in [5.41, 5.74) is 6.92. The fourth-order valence-electron chi connectivity index (χ4n) is 2.88. The minimum Gasteiger partial charge on any atom is -0.399 e. The molecule has 5 heteroatoms. The number of fused-ring (bicyclic) bond motifs is 1. The molecular formula is C13H16FN3O. The molecule has 2 aliphatic rings. The second-order valence-corrected chi connectivity index (χ2v) is 4.97. The molecule has 96 valence electrons. The molecule has 0 bridgehead atoms. The van der Waals surface area contributed by atoms with Crippen LogP contribution < -0.4 is 10.6 Å². The van der Waals surface area contributed by atoms with E-state index >= 15 is 0 Å². The van der Waals surface area contributed by atoms with Crippen LogP contribution in [-0.4, -0.2) is 36.5 Å². The first kappa shape index (κ1) is 11.3. The summed E-state index contributed by atoms with van der Waals surface area (Å²) in [5.74, 6) is -0.0617. The molecule has 2 N–H and O–H groups in total. The van der Waals surface area contributed by atoms with Crippen LogP contribution in [0.15, 0.2) is 18.2 Å². The minimum atomic E-state index is -0.310. The largest absolute Gasteiger partial charge is 0.399 e. The van der Waals surface area contributed by atoms with Gasteiger partial charge in [0, 0.05) is 43.5 Å². The molecule has 0 spiro atoms. The van der Waals surface area contributed by atoms with E-state index in [2.05, 4.69) is 4.90 Å². The van der Waals surface area contributed by atoms with Crippen molar-refractivity contribution in [2.24, 2.45) is 0 Å². The number of nitrogens with two attached hydrogens (primary N) is 1. The quantitative estimate of drug-likeness (QED) is 0.761. The number of rotatable bonds is 1. The van der Waals surface area contributed by atoms with Crippen molar-refractivity contribution in [2.45, 2.75) is 18.9 Å². The maximum atomic E-state index is 13.3. The molecule has 1 aromatic rings. The molecule has 3 rings (SSSR count). The Balaban J connectivity index is 1.80. The van der Waals surface area contributed by atoms with Gasteiger partial charge in [-0.2, -0.15) is 0 Å². The van der Waals surface area contributed by atoms with E-state index in [4.69, 9.17) is 5.73 Å². The van der Waals surface area contributed by atoms with Crippen LogP contribution >= 0.6 is 0 Å². The van der Waals surface area contributed by atoms with Gasteiger partial charge >= 0.3 is 0 Å². The number of hydrogen-bond acceptors (Lipinski definition) is 3. The zero-order valence-electron chi connectivity index (χ0n) is 10.1. The highest BCUT2D eigenvalue weighted by Crippen LogP contribution is 2.27. The maximum Gasteiger partial charge on any atom is 0.223 e. The number of carbonyl (C=O) groups is 1. The maximum absolute atomic E-state index is 13.3. The third-order valence-corrected chi connectivity index (χ3v) is 3.76. The molecule has 2 heterocycles. The topological polar surface area (TPSA) is 49.6 Å². The first-order valence-electron chi connectivity index (χ1n) is 6.24. The third-order valence-electron chi connectivity index (χ3n) is 3.76. The predicted octanol–water partition coefficient (Wildman–Crippen LogP) is 1.22. The summed E-state index contributed by atoms with van der Waals surface area (Å²) in [4.78, 5) is 15.6. The van der Waals surface area contributed by atoms with Crippen molar-refractivity contribution in [3.8, 4) is 0 Å². The molecule has 0 aromatic heterocycles. The lowest BCUT2D eigenvalue weighted by atomic mass is 10.1. The van der Waals surface area contributed by atoms with E-state index < -0.39 is 0 Å². The standard InChI is InChI=1S/C13H16FN3O/c14-9-5-10(15)7-12(6-9)16-3-4-17-11(8-16)1-2-13(17)18/h5-7,11H,1-4,8,15H2. The van der Waals surface area contributed by atoms with E-state index in [-0.39, 0.29) is 17.8 Å². The summed E-state index contributed by atoms with van der Waals surface area (Å²) >= 11 is 0. The number of nitrogens with zero attached hydrogens (tertiary/aromatic N) is 2. The lowest BCUT2D eigenvalue weighted by Gasteiger charge is -2.38. The zero-order chi connectivity index (χ0) is 12.7. The van der Waals surface area contributed by atoms with Gasteiger partial charge in [0.25, 0.3) is 0 Å². The first-order chi connectivity index (χ1) is 8.63. The molecule has 0 saturated carbocycles. The molecule has 2 fully saturated rings. The van der Waals surface area contributed by atoms with Gasteiger partial charge in [-0.05, 0) is 24.6 Å². The molecule has 1 amide bonds. The second kappa shape index (κ2) is 4.15. The Hall–Kier alpha value is -1.78. The number of amides is 1. The summed E-state index contributed by atoms with van der Waals surface area (Å²) in [6.07, 6.45) is 1.55. The van der Waals surface area contributed by atoms with Gasteiger partial charge in [0.05, 0.1) is 0 Å². The van der Waals surface area contributed by atoms with Crippen molar-refractivity contribution >= 4 is 17.3 Å². The molecule has 1 unspecified atom stereocenters. The average molecular weight is 249 g/mol. The number of benzene rings is 1. The van der Waals surface area contributed by atoms with E-state index in [0.29, 0.717) is 12.1 Å². The van der Waals surface area contributed by atoms with Crippen LogP contribution in [-0.2, 0) is 4.79 Å². The summed E-state index contributed by atoms with van der Waals surface area (Å²) < 4.78 is 13.3. The van der Waals surface area contributed by atoms with Gasteiger partial charge in [-0.25, -0.2) is 4.39 Å². The number of hydrogen-bond donors (Lipinski definition) is 1. The van der Waals surface area contributed by atoms with Gasteiger partial charge in [-0.3, -0.25) is 4.79 Å². The zero-order valence-corrected chi connectivity index (χ0v) is 10.1. The molecule has 2 aliphatic heterocycles. The Morgan fingerprint density at radius 1 is 1.28 bits per heavy atom. The first-order valence-corrected chi connectivity index (χ1v) is 6.24. The molecular weight excluding hydrogens is 233 g/mol. The molecule has 0 aliphatic carbocycles. The Bertz CT molecular complexity index is 471. The van der Waals surface area contributed by atoms with Gasteiger partial charge in [-0.1, -0.05) is 0 Å². The normalized spacial score (nSPS) is 23.4. The highest BCUT2D eigenvalue weighted by atomic mass is 19.1. The number of anilines is 2. The number of nitrogen functional groups attached to an aromatic ring is 1. The average Bonchev–Trinajstić information content (AvgIpc) is 2.69. The van der Waals surface area contributed by atoms with Gasteiger partial charge in [0.1, 0.15) is 5.82 Å². The van der Waals surface area contributed by atoms with Crippen molar-refractivity contribution in [3.63, 3.8) is 0 Å². The lowest BCUT2D eigenvalue weighted by molar-refractivity contribution is -0.129. The van der Waals surface area contributed by atoms with Gasteiger partial charge in [0.15, 0.2) is 0 Å². The van der Waals surface area contributed by atoms with Crippen LogP contribution in [0, 0.1) is 5.82 Å². The fourth-order valence-corrected chi connectivity index (χ4v) is 2.88. The van der Waals surface area contributed by atoms with Gasteiger partial charge in [-0.15, -0.1) is 0 Å². The molecule has 0 radical (unpaired) electrons. The Morgan fingerprint density at radius 2 is 2.11 bits per heavy atom. The summed E-state index contributed by atoms with van der Waals surface area (Å²) in [6, 6.07) is 4.88. The molecule has 1 atom stereocenters. The van der Waals surface area contributed by atoms with Gasteiger partial charge in [0.2, 0.25) is 5.91 Å². The van der Waals surface area contributed by atoms with Crippen LogP contribution in [0.2, 0.25) is 0 Å². The summed E-state index contributed by atoms with van der Waals surface area (Å²) in [6.45, 7) is 2.24. The van der Waals surface area contributed by atoms with E-state index in [0.717, 1.165) is 31.7 Å². The van der Waals surface area contributed by atoms with E-state index in [1.807, 2.05) is 4.90 Å². The molecule has 2 saturated heterocycles. The van der Waals surface area contributed by atoms with Crippen LogP contribution in [0.5, 0.6) is 0 Å². The minimum absolute atomic E-state index is 0.249. The molecule has 4 nitrogen and oxygen atoms in total. The predicted molar refractivity (Wildman–Crippen MR) is 67.8 cm³/mol. The van der Waals surface area contributed by atoms with Crippen molar-refractivity contribution in [1.29, 1.82) is 0 Å². The SMILES string of the molecule is Nc1cc(F)cc(N2CCN3C(=O)CCC3C2)c1. The van der Waals surface area contributed by atoms with E-state index in [1.165, 1.54) is 12.1 Å². The number of carbonyl (C=O) groups excluding carboxylic acids is 1. The monoisotopic (exact) mass is 249 g/mol. The fraction of sp³-hybridized carbons (Fsp3) is 0.462. The second-order valence-electron chi connectivity index (χ2n) is 4.97. The van der Waals surface area contributed by atoms with E-state index in [9.17, 15) is 9.18 Å². The highest BCUT2D eigenvalue weighted by Gasteiger charge is 2.35. The molecule has 18 heavy (non-hydrogen) atoms. The van der Waals surface area contributed by atoms with Crippen molar-refractivity contribution < 1.29 is 9.18 Å². The van der Waals surface area contributed by atoms with Crippen molar-refractivity contribution in [3.05, 3.63) is 24.0 Å². The lowest BCUT2D eigenvalue weighted by Crippen LogP contribution is -2.51. The number of halogens is 1.